The van der Waals surface area contributed by atoms with Gasteiger partial charge in [0.25, 0.3) is 0 Å². The van der Waals surface area contributed by atoms with Crippen LogP contribution in [0, 0.1) is 0 Å². The van der Waals surface area contributed by atoms with Crippen LogP contribution < -0.4 is 4.74 Å². The van der Waals surface area contributed by atoms with Crippen LogP contribution in [0.25, 0.3) is 0 Å². The lowest BCUT2D eigenvalue weighted by Gasteiger charge is -2.18. The SMILES string of the molecule is CCCCCCCCc1ccc(C(F)(F)OCCc2ccc(OC(F)(F)F)cc2)cc1. The second-order valence-electron chi connectivity index (χ2n) is 7.52. The molecule has 0 aliphatic heterocycles. The minimum atomic E-state index is -4.77. The van der Waals surface area contributed by atoms with Crippen molar-refractivity contribution in [2.45, 2.75) is 70.8 Å². The number of rotatable bonds is 13. The van der Waals surface area contributed by atoms with Gasteiger partial charge in [-0.1, -0.05) is 75.4 Å². The summed E-state index contributed by atoms with van der Waals surface area (Å²) in [6.45, 7) is 1.90. The van der Waals surface area contributed by atoms with Gasteiger partial charge >= 0.3 is 12.5 Å². The average molecular weight is 444 g/mol. The van der Waals surface area contributed by atoms with Crippen molar-refractivity contribution in [2.24, 2.45) is 0 Å². The first-order chi connectivity index (χ1) is 14.7. The monoisotopic (exact) mass is 444 g/mol. The van der Waals surface area contributed by atoms with Crippen LogP contribution in [0.5, 0.6) is 5.75 Å². The second-order valence-corrected chi connectivity index (χ2v) is 7.52. The molecule has 2 rings (SSSR count). The molecule has 0 aliphatic rings. The molecule has 0 saturated heterocycles. The predicted octanol–water partition coefficient (Wildman–Crippen LogP) is 7.80. The minimum absolute atomic E-state index is 0.137. The van der Waals surface area contributed by atoms with Gasteiger partial charge in [-0.15, -0.1) is 13.2 Å². The Balaban J connectivity index is 1.76. The molecule has 0 radical (unpaired) electrons. The van der Waals surface area contributed by atoms with Crippen LogP contribution in [0.1, 0.15) is 62.1 Å². The lowest BCUT2D eigenvalue weighted by Crippen LogP contribution is -2.20. The first kappa shape index (κ1) is 25.1. The van der Waals surface area contributed by atoms with E-state index in [1.54, 1.807) is 12.1 Å². The zero-order valence-electron chi connectivity index (χ0n) is 17.7. The molecule has 2 nitrogen and oxygen atoms in total. The lowest BCUT2D eigenvalue weighted by atomic mass is 10.0. The molecule has 172 valence electrons. The van der Waals surface area contributed by atoms with Crippen LogP contribution in [0.2, 0.25) is 0 Å². The van der Waals surface area contributed by atoms with Crippen molar-refractivity contribution in [3.8, 4) is 5.75 Å². The quantitative estimate of drug-likeness (QED) is 0.232. The molecule has 0 bridgehead atoms. The van der Waals surface area contributed by atoms with Crippen molar-refractivity contribution in [2.75, 3.05) is 6.61 Å². The van der Waals surface area contributed by atoms with Crippen LogP contribution >= 0.6 is 0 Å². The van der Waals surface area contributed by atoms with E-state index in [2.05, 4.69) is 11.7 Å². The first-order valence-electron chi connectivity index (χ1n) is 10.7. The van der Waals surface area contributed by atoms with Crippen LogP contribution in [0.4, 0.5) is 22.0 Å². The molecule has 0 aromatic heterocycles. The molecule has 0 spiro atoms. The third-order valence-corrected chi connectivity index (χ3v) is 4.94. The molecule has 2 aromatic rings. The maximum absolute atomic E-state index is 14.3. The number of benzene rings is 2. The normalized spacial score (nSPS) is 12.2. The van der Waals surface area contributed by atoms with Crippen molar-refractivity contribution in [3.63, 3.8) is 0 Å². The zero-order chi connectivity index (χ0) is 22.7. The van der Waals surface area contributed by atoms with Gasteiger partial charge in [-0.25, -0.2) is 0 Å². The first-order valence-corrected chi connectivity index (χ1v) is 10.7. The van der Waals surface area contributed by atoms with Gasteiger partial charge in [0.05, 0.1) is 12.2 Å². The van der Waals surface area contributed by atoms with E-state index in [9.17, 15) is 22.0 Å². The fraction of sp³-hybridized carbons (Fsp3) is 0.500. The Morgan fingerprint density at radius 3 is 1.84 bits per heavy atom. The molecule has 0 atom stereocenters. The average Bonchev–Trinajstić information content (AvgIpc) is 2.71. The number of alkyl halides is 5. The molecule has 2 aromatic carbocycles. The van der Waals surface area contributed by atoms with Gasteiger partial charge < -0.3 is 9.47 Å². The maximum Gasteiger partial charge on any atom is 0.573 e. The smallest absolute Gasteiger partial charge is 0.406 e. The molecule has 0 saturated carbocycles. The van der Waals surface area contributed by atoms with Gasteiger partial charge in [-0.05, 0) is 42.5 Å². The van der Waals surface area contributed by atoms with Gasteiger partial charge in [-0.3, -0.25) is 0 Å². The van der Waals surface area contributed by atoms with E-state index in [4.69, 9.17) is 4.74 Å². The van der Waals surface area contributed by atoms with Crippen molar-refractivity contribution < 1.29 is 31.4 Å². The Hall–Kier alpha value is -2.15. The number of halogens is 5. The fourth-order valence-electron chi connectivity index (χ4n) is 3.21. The van der Waals surface area contributed by atoms with E-state index in [1.807, 2.05) is 0 Å². The Morgan fingerprint density at radius 2 is 1.23 bits per heavy atom. The summed E-state index contributed by atoms with van der Waals surface area (Å²) in [6, 6.07) is 11.2. The maximum atomic E-state index is 14.3. The Bertz CT molecular complexity index is 755. The summed E-state index contributed by atoms with van der Waals surface area (Å²) in [5.41, 5.74) is 1.38. The topological polar surface area (TPSA) is 18.5 Å². The highest BCUT2D eigenvalue weighted by Gasteiger charge is 2.33. The van der Waals surface area contributed by atoms with Crippen molar-refractivity contribution in [1.29, 1.82) is 0 Å². The highest BCUT2D eigenvalue weighted by Crippen LogP contribution is 2.30. The molecule has 31 heavy (non-hydrogen) atoms. The third-order valence-electron chi connectivity index (χ3n) is 4.94. The Morgan fingerprint density at radius 1 is 0.677 bits per heavy atom. The highest BCUT2D eigenvalue weighted by atomic mass is 19.4. The van der Waals surface area contributed by atoms with Crippen molar-refractivity contribution in [3.05, 3.63) is 65.2 Å². The molecule has 0 aliphatic carbocycles. The molecule has 7 heteroatoms. The summed E-state index contributed by atoms with van der Waals surface area (Å²) in [4.78, 5) is 0. The fourth-order valence-corrected chi connectivity index (χ4v) is 3.21. The molecule has 0 unspecified atom stereocenters. The van der Waals surface area contributed by atoms with E-state index >= 15 is 0 Å². The van der Waals surface area contributed by atoms with Crippen LogP contribution in [-0.2, 0) is 23.7 Å². The standard InChI is InChI=1S/C24H29F5O2/c1-2-3-4-5-6-7-8-19-9-13-21(14-10-19)23(25,26)30-18-17-20-11-15-22(16-12-20)31-24(27,28)29/h9-16H,2-8,17-18H2,1H3. The zero-order valence-corrected chi connectivity index (χ0v) is 17.7. The second kappa shape index (κ2) is 12.0. The third kappa shape index (κ3) is 9.68. The van der Waals surface area contributed by atoms with Crippen molar-refractivity contribution in [1.82, 2.24) is 0 Å². The van der Waals surface area contributed by atoms with Crippen molar-refractivity contribution >= 4 is 0 Å². The molecule has 0 fully saturated rings. The largest absolute Gasteiger partial charge is 0.573 e. The van der Waals surface area contributed by atoms with E-state index in [1.165, 1.54) is 49.9 Å². The van der Waals surface area contributed by atoms with Crippen LogP contribution in [0.3, 0.4) is 0 Å². The number of hydrogen-bond acceptors (Lipinski definition) is 2. The summed E-state index contributed by atoms with van der Waals surface area (Å²) < 4.78 is 73.6. The molecular formula is C24H29F5O2. The Kier molecular flexibility index (Phi) is 9.75. The molecule has 0 N–H and O–H groups in total. The Labute approximate surface area is 180 Å². The van der Waals surface area contributed by atoms with Gasteiger partial charge in [0.2, 0.25) is 0 Å². The van der Waals surface area contributed by atoms with Crippen LogP contribution in [0.15, 0.2) is 48.5 Å². The number of ether oxygens (including phenoxy) is 2. The summed E-state index contributed by atoms with van der Waals surface area (Å²) in [6.07, 6.45) is -0.101. The molecule has 0 amide bonds. The van der Waals surface area contributed by atoms with E-state index in [0.29, 0.717) is 5.56 Å². The van der Waals surface area contributed by atoms with Gasteiger partial charge in [0, 0.05) is 0 Å². The number of unbranched alkanes of at least 4 members (excludes halogenated alkanes) is 5. The predicted molar refractivity (Wildman–Crippen MR) is 110 cm³/mol. The molecule has 0 heterocycles. The van der Waals surface area contributed by atoms with Gasteiger partial charge in [0.1, 0.15) is 5.75 Å². The van der Waals surface area contributed by atoms with Crippen LogP contribution in [-0.4, -0.2) is 13.0 Å². The molecular weight excluding hydrogens is 415 g/mol. The summed E-state index contributed by atoms with van der Waals surface area (Å²) >= 11 is 0. The lowest BCUT2D eigenvalue weighted by molar-refractivity contribution is -0.274. The summed E-state index contributed by atoms with van der Waals surface area (Å²) in [7, 11) is 0. The number of hydrogen-bond donors (Lipinski definition) is 0. The van der Waals surface area contributed by atoms with Gasteiger partial charge in [-0.2, -0.15) is 8.78 Å². The summed E-state index contributed by atoms with van der Waals surface area (Å²) in [5, 5.41) is 0. The van der Waals surface area contributed by atoms with E-state index in [-0.39, 0.29) is 24.3 Å². The van der Waals surface area contributed by atoms with E-state index < -0.39 is 12.5 Å². The number of aryl methyl sites for hydroxylation is 1. The van der Waals surface area contributed by atoms with E-state index in [0.717, 1.165) is 37.0 Å². The van der Waals surface area contributed by atoms with Gasteiger partial charge in [0.15, 0.2) is 0 Å². The summed E-state index contributed by atoms with van der Waals surface area (Å²) in [5.74, 6) is -0.358. The minimum Gasteiger partial charge on any atom is -0.406 e. The highest BCUT2D eigenvalue weighted by molar-refractivity contribution is 5.28.